The second-order valence-corrected chi connectivity index (χ2v) is 16.4. The molecular formula is C54H33N3S. The number of nitrogens with zero attached hydrogens (tertiary/aromatic N) is 3. The third kappa shape index (κ3) is 4.46. The molecule has 0 spiro atoms. The quantitative estimate of drug-likeness (QED) is 0.175. The number of rotatable bonds is 4. The fourth-order valence-electron chi connectivity index (χ4n) is 9.73. The van der Waals surface area contributed by atoms with Gasteiger partial charge in [0.05, 0.1) is 38.8 Å². The van der Waals surface area contributed by atoms with E-state index < -0.39 is 0 Å². The van der Waals surface area contributed by atoms with Crippen molar-refractivity contribution in [3.8, 4) is 39.3 Å². The fourth-order valence-corrected chi connectivity index (χ4v) is 10.8. The molecule has 58 heavy (non-hydrogen) atoms. The maximum absolute atomic E-state index is 2.47. The zero-order valence-corrected chi connectivity index (χ0v) is 32.1. The van der Waals surface area contributed by atoms with Gasteiger partial charge in [-0.3, -0.25) is 0 Å². The van der Waals surface area contributed by atoms with Gasteiger partial charge in [0, 0.05) is 53.5 Å². The average Bonchev–Trinajstić information content (AvgIpc) is 3.93. The maximum Gasteiger partial charge on any atom is 0.0681 e. The van der Waals surface area contributed by atoms with Crippen LogP contribution in [-0.4, -0.2) is 13.7 Å². The van der Waals surface area contributed by atoms with Crippen molar-refractivity contribution in [2.24, 2.45) is 0 Å². The van der Waals surface area contributed by atoms with Crippen LogP contribution < -0.4 is 0 Å². The van der Waals surface area contributed by atoms with Crippen molar-refractivity contribution >= 4 is 77.2 Å². The number of fused-ring (bicyclic) bond motifs is 11. The van der Waals surface area contributed by atoms with Crippen molar-refractivity contribution in [2.45, 2.75) is 9.79 Å². The Morgan fingerprint density at radius 1 is 0.310 bits per heavy atom. The molecule has 1 aliphatic rings. The fraction of sp³-hybridized carbons (Fsp3) is 0. The van der Waals surface area contributed by atoms with Gasteiger partial charge in [0.1, 0.15) is 0 Å². The van der Waals surface area contributed by atoms with E-state index in [0.29, 0.717) is 0 Å². The van der Waals surface area contributed by atoms with E-state index in [1.54, 1.807) is 0 Å². The lowest BCUT2D eigenvalue weighted by molar-refractivity contribution is 1.09. The molecule has 4 heterocycles. The van der Waals surface area contributed by atoms with Crippen molar-refractivity contribution < 1.29 is 0 Å². The molecule has 0 N–H and O–H groups in total. The molecule has 0 bridgehead atoms. The van der Waals surface area contributed by atoms with Gasteiger partial charge in [-0.1, -0.05) is 127 Å². The standard InChI is InChI=1S/C54H33N3S/c1-2-12-37(13-3-1)55-45-18-6-4-14-40(45)43-32-35(26-30-47(43)55)36-27-31-48-44(33-36)41-15-5-7-19-46(41)56(48)38-28-24-34(25-29-38)39-16-10-21-50-53(39)42-17-11-23-52-54(42)57(50)49-20-8-9-22-51(49)58-52/h1-33H. The number of benzene rings is 9. The Bertz CT molecular complexity index is 3640. The molecule has 4 heteroatoms. The summed E-state index contributed by atoms with van der Waals surface area (Å²) in [5.41, 5.74) is 15.9. The van der Waals surface area contributed by atoms with Crippen LogP contribution in [0.25, 0.3) is 105 Å². The van der Waals surface area contributed by atoms with Crippen LogP contribution in [0.2, 0.25) is 0 Å². The van der Waals surface area contributed by atoms with E-state index in [2.05, 4.69) is 214 Å². The molecule has 0 saturated carbocycles. The van der Waals surface area contributed by atoms with Crippen LogP contribution in [0, 0.1) is 0 Å². The van der Waals surface area contributed by atoms with E-state index in [0.717, 1.165) is 5.69 Å². The smallest absolute Gasteiger partial charge is 0.0681 e. The number of hydrogen-bond donors (Lipinski definition) is 0. The highest BCUT2D eigenvalue weighted by Gasteiger charge is 2.24. The van der Waals surface area contributed by atoms with Gasteiger partial charge < -0.3 is 13.7 Å². The Balaban J connectivity index is 0.936. The van der Waals surface area contributed by atoms with Crippen LogP contribution in [0.15, 0.2) is 210 Å². The van der Waals surface area contributed by atoms with Gasteiger partial charge in [-0.25, -0.2) is 0 Å². The average molecular weight is 756 g/mol. The van der Waals surface area contributed by atoms with Crippen LogP contribution in [0.4, 0.5) is 0 Å². The first kappa shape index (κ1) is 31.9. The molecule has 13 rings (SSSR count). The third-order valence-electron chi connectivity index (χ3n) is 12.2. The lowest BCUT2D eigenvalue weighted by Gasteiger charge is -2.19. The summed E-state index contributed by atoms with van der Waals surface area (Å²) < 4.78 is 7.27. The lowest BCUT2D eigenvalue weighted by atomic mass is 9.99. The van der Waals surface area contributed by atoms with E-state index in [-0.39, 0.29) is 0 Å². The van der Waals surface area contributed by atoms with E-state index in [9.17, 15) is 0 Å². The van der Waals surface area contributed by atoms with E-state index in [4.69, 9.17) is 0 Å². The van der Waals surface area contributed by atoms with Crippen molar-refractivity contribution in [3.05, 3.63) is 200 Å². The molecule has 270 valence electrons. The van der Waals surface area contributed by atoms with Gasteiger partial charge in [0.15, 0.2) is 0 Å². The monoisotopic (exact) mass is 755 g/mol. The first-order chi connectivity index (χ1) is 28.8. The summed E-state index contributed by atoms with van der Waals surface area (Å²) in [5, 5.41) is 7.63. The second kappa shape index (κ2) is 12.1. The highest BCUT2D eigenvalue weighted by atomic mass is 32.2. The van der Waals surface area contributed by atoms with E-state index in [1.165, 1.54) is 109 Å². The molecule has 0 amide bonds. The zero-order chi connectivity index (χ0) is 37.9. The zero-order valence-electron chi connectivity index (χ0n) is 31.3. The number of aromatic nitrogens is 3. The molecule has 0 aliphatic carbocycles. The van der Waals surface area contributed by atoms with Gasteiger partial charge in [0.2, 0.25) is 0 Å². The Morgan fingerprint density at radius 3 is 1.53 bits per heavy atom. The molecule has 3 nitrogen and oxygen atoms in total. The summed E-state index contributed by atoms with van der Waals surface area (Å²) in [6.45, 7) is 0. The molecule has 0 atom stereocenters. The Hall–Kier alpha value is -7.27. The van der Waals surface area contributed by atoms with Crippen molar-refractivity contribution in [2.75, 3.05) is 0 Å². The highest BCUT2D eigenvalue weighted by Crippen LogP contribution is 2.48. The van der Waals surface area contributed by atoms with Gasteiger partial charge >= 0.3 is 0 Å². The molecule has 1 aliphatic heterocycles. The van der Waals surface area contributed by atoms with Crippen LogP contribution in [0.1, 0.15) is 0 Å². The Morgan fingerprint density at radius 2 is 0.828 bits per heavy atom. The van der Waals surface area contributed by atoms with Crippen molar-refractivity contribution in [1.29, 1.82) is 0 Å². The van der Waals surface area contributed by atoms with Crippen LogP contribution in [0.5, 0.6) is 0 Å². The molecule has 0 radical (unpaired) electrons. The summed E-state index contributed by atoms with van der Waals surface area (Å²) in [7, 11) is 0. The minimum Gasteiger partial charge on any atom is -0.309 e. The SMILES string of the molecule is c1ccc(-n2c3ccccc3c3cc(-c4ccc5c(c4)c4ccccc4n5-c4ccc(-c5cccc6c5c5cccc7c5n6-c5ccccc5S7)cc4)ccc32)cc1. The minimum absolute atomic E-state index is 1.15. The summed E-state index contributed by atoms with van der Waals surface area (Å²) in [6.07, 6.45) is 0. The number of para-hydroxylation sites is 5. The summed E-state index contributed by atoms with van der Waals surface area (Å²) in [5.74, 6) is 0. The van der Waals surface area contributed by atoms with Gasteiger partial charge in [0.25, 0.3) is 0 Å². The highest BCUT2D eigenvalue weighted by molar-refractivity contribution is 7.99. The molecule has 3 aromatic heterocycles. The molecule has 0 unspecified atom stereocenters. The first-order valence-electron chi connectivity index (χ1n) is 19.8. The van der Waals surface area contributed by atoms with Gasteiger partial charge in [-0.15, -0.1) is 0 Å². The molecule has 0 fully saturated rings. The topological polar surface area (TPSA) is 14.8 Å². The molecule has 9 aromatic carbocycles. The number of hydrogen-bond acceptors (Lipinski definition) is 1. The first-order valence-corrected chi connectivity index (χ1v) is 20.7. The Labute approximate surface area is 338 Å². The van der Waals surface area contributed by atoms with E-state index in [1.807, 2.05) is 11.8 Å². The van der Waals surface area contributed by atoms with Gasteiger partial charge in [-0.05, 0) is 107 Å². The predicted molar refractivity (Wildman–Crippen MR) is 244 cm³/mol. The summed E-state index contributed by atoms with van der Waals surface area (Å²) in [4.78, 5) is 2.60. The van der Waals surface area contributed by atoms with Crippen molar-refractivity contribution in [1.82, 2.24) is 13.7 Å². The Kier molecular flexibility index (Phi) is 6.66. The van der Waals surface area contributed by atoms with Crippen molar-refractivity contribution in [3.63, 3.8) is 0 Å². The maximum atomic E-state index is 2.47. The van der Waals surface area contributed by atoms with Crippen LogP contribution in [0.3, 0.4) is 0 Å². The van der Waals surface area contributed by atoms with E-state index >= 15 is 0 Å². The normalized spacial score (nSPS) is 12.4. The lowest BCUT2D eigenvalue weighted by Crippen LogP contribution is -2.00. The summed E-state index contributed by atoms with van der Waals surface area (Å²) in [6, 6.07) is 73.6. The summed E-state index contributed by atoms with van der Waals surface area (Å²) >= 11 is 1.87. The molecule has 0 saturated heterocycles. The van der Waals surface area contributed by atoms with Crippen LogP contribution >= 0.6 is 11.8 Å². The minimum atomic E-state index is 1.15. The molecular weight excluding hydrogens is 723 g/mol. The molecule has 12 aromatic rings. The van der Waals surface area contributed by atoms with Crippen LogP contribution in [-0.2, 0) is 0 Å². The van der Waals surface area contributed by atoms with Gasteiger partial charge in [-0.2, -0.15) is 0 Å². The third-order valence-corrected chi connectivity index (χ3v) is 13.3. The largest absolute Gasteiger partial charge is 0.309 e. The second-order valence-electron chi connectivity index (χ2n) is 15.3. The predicted octanol–water partition coefficient (Wildman–Crippen LogP) is 14.8.